The van der Waals surface area contributed by atoms with Crippen LogP contribution in [0.2, 0.25) is 0 Å². The van der Waals surface area contributed by atoms with Gasteiger partial charge in [-0.05, 0) is 13.3 Å². The third kappa shape index (κ3) is 3.74. The first kappa shape index (κ1) is 10.5. The highest BCUT2D eigenvalue weighted by Gasteiger charge is 2.15. The molecular weight excluding hydrogens is 166 g/mol. The molecule has 1 amide bonds. The number of amides is 1. The van der Waals surface area contributed by atoms with E-state index < -0.39 is 0 Å². The Kier molecular flexibility index (Phi) is 4.18. The Hall–Kier alpha value is -0.610. The van der Waals surface area contributed by atoms with E-state index in [0.717, 1.165) is 32.6 Å². The SMILES string of the molecule is CC(N)CCC(=O)N1CCNCC1. The molecule has 0 saturated carbocycles. The molecule has 0 aliphatic carbocycles. The fourth-order valence-corrected chi connectivity index (χ4v) is 1.42. The van der Waals surface area contributed by atoms with Crippen LogP contribution in [0, 0.1) is 0 Å². The van der Waals surface area contributed by atoms with Crippen LogP contribution in [0.5, 0.6) is 0 Å². The van der Waals surface area contributed by atoms with Gasteiger partial charge in [0.25, 0.3) is 0 Å². The van der Waals surface area contributed by atoms with Gasteiger partial charge in [-0.2, -0.15) is 0 Å². The normalized spacial score (nSPS) is 20.0. The van der Waals surface area contributed by atoms with E-state index in [1.807, 2.05) is 11.8 Å². The number of nitrogens with zero attached hydrogens (tertiary/aromatic N) is 1. The molecule has 1 fully saturated rings. The third-order valence-electron chi connectivity index (χ3n) is 2.28. The highest BCUT2D eigenvalue weighted by molar-refractivity contribution is 5.76. The molecule has 1 atom stereocenters. The number of carbonyl (C=O) groups excluding carboxylic acids is 1. The van der Waals surface area contributed by atoms with Gasteiger partial charge in [0.15, 0.2) is 0 Å². The second-order valence-electron chi connectivity index (χ2n) is 3.65. The summed E-state index contributed by atoms with van der Waals surface area (Å²) in [7, 11) is 0. The first-order valence-electron chi connectivity index (χ1n) is 4.94. The average Bonchev–Trinajstić information content (AvgIpc) is 2.15. The maximum Gasteiger partial charge on any atom is 0.222 e. The Morgan fingerprint density at radius 1 is 1.54 bits per heavy atom. The number of carbonyl (C=O) groups is 1. The lowest BCUT2D eigenvalue weighted by molar-refractivity contribution is -0.131. The van der Waals surface area contributed by atoms with Gasteiger partial charge < -0.3 is 16.0 Å². The van der Waals surface area contributed by atoms with Crippen LogP contribution in [0.25, 0.3) is 0 Å². The first-order valence-corrected chi connectivity index (χ1v) is 4.94. The minimum Gasteiger partial charge on any atom is -0.340 e. The van der Waals surface area contributed by atoms with Gasteiger partial charge in [-0.25, -0.2) is 0 Å². The summed E-state index contributed by atoms with van der Waals surface area (Å²) in [4.78, 5) is 13.5. The van der Waals surface area contributed by atoms with E-state index in [9.17, 15) is 4.79 Å². The lowest BCUT2D eigenvalue weighted by Gasteiger charge is -2.27. The molecule has 4 heteroatoms. The quantitative estimate of drug-likeness (QED) is 0.626. The summed E-state index contributed by atoms with van der Waals surface area (Å²) in [6.45, 7) is 5.47. The van der Waals surface area contributed by atoms with Crippen molar-refractivity contribution >= 4 is 5.91 Å². The minimum atomic E-state index is 0.131. The van der Waals surface area contributed by atoms with Crippen molar-refractivity contribution in [1.29, 1.82) is 0 Å². The Labute approximate surface area is 79.5 Å². The summed E-state index contributed by atoms with van der Waals surface area (Å²) in [6, 6.07) is 0.131. The van der Waals surface area contributed by atoms with Gasteiger partial charge in [0, 0.05) is 38.6 Å². The standard InChI is InChI=1S/C9H19N3O/c1-8(10)2-3-9(13)12-6-4-11-5-7-12/h8,11H,2-7,10H2,1H3. The number of nitrogens with one attached hydrogen (secondary N) is 1. The van der Waals surface area contributed by atoms with E-state index in [4.69, 9.17) is 5.73 Å². The molecule has 1 aliphatic rings. The summed E-state index contributed by atoms with van der Waals surface area (Å²) < 4.78 is 0. The third-order valence-corrected chi connectivity index (χ3v) is 2.28. The zero-order chi connectivity index (χ0) is 9.68. The summed E-state index contributed by atoms with van der Waals surface area (Å²) >= 11 is 0. The smallest absolute Gasteiger partial charge is 0.222 e. The highest BCUT2D eigenvalue weighted by Crippen LogP contribution is 2.01. The molecule has 0 radical (unpaired) electrons. The largest absolute Gasteiger partial charge is 0.340 e. The number of piperazine rings is 1. The molecule has 0 bridgehead atoms. The Morgan fingerprint density at radius 3 is 2.69 bits per heavy atom. The topological polar surface area (TPSA) is 58.4 Å². The van der Waals surface area contributed by atoms with Crippen LogP contribution in [-0.2, 0) is 4.79 Å². The van der Waals surface area contributed by atoms with Crippen molar-refractivity contribution in [2.75, 3.05) is 26.2 Å². The van der Waals surface area contributed by atoms with Crippen molar-refractivity contribution in [3.8, 4) is 0 Å². The van der Waals surface area contributed by atoms with Crippen molar-refractivity contribution < 1.29 is 4.79 Å². The molecule has 76 valence electrons. The summed E-state index contributed by atoms with van der Waals surface area (Å²) in [5.74, 6) is 0.249. The van der Waals surface area contributed by atoms with E-state index in [2.05, 4.69) is 5.32 Å². The van der Waals surface area contributed by atoms with E-state index in [1.165, 1.54) is 0 Å². The van der Waals surface area contributed by atoms with E-state index in [1.54, 1.807) is 0 Å². The van der Waals surface area contributed by atoms with Crippen molar-refractivity contribution in [3.63, 3.8) is 0 Å². The predicted molar refractivity (Wildman–Crippen MR) is 52.3 cm³/mol. The van der Waals surface area contributed by atoms with Crippen LogP contribution in [-0.4, -0.2) is 43.0 Å². The van der Waals surface area contributed by atoms with Crippen molar-refractivity contribution in [2.24, 2.45) is 5.73 Å². The van der Waals surface area contributed by atoms with Gasteiger partial charge >= 0.3 is 0 Å². The zero-order valence-corrected chi connectivity index (χ0v) is 8.25. The fourth-order valence-electron chi connectivity index (χ4n) is 1.42. The molecule has 1 rings (SSSR count). The first-order chi connectivity index (χ1) is 6.20. The monoisotopic (exact) mass is 185 g/mol. The Balaban J connectivity index is 2.21. The number of rotatable bonds is 3. The maximum atomic E-state index is 11.5. The molecular formula is C9H19N3O. The van der Waals surface area contributed by atoms with Crippen molar-refractivity contribution in [3.05, 3.63) is 0 Å². The number of hydrogen-bond acceptors (Lipinski definition) is 3. The second-order valence-corrected chi connectivity index (χ2v) is 3.65. The van der Waals surface area contributed by atoms with Gasteiger partial charge in [-0.1, -0.05) is 0 Å². The summed E-state index contributed by atoms with van der Waals surface area (Å²) in [6.07, 6.45) is 1.39. The van der Waals surface area contributed by atoms with Gasteiger partial charge in [0.05, 0.1) is 0 Å². The number of nitrogens with two attached hydrogens (primary N) is 1. The lowest BCUT2D eigenvalue weighted by Crippen LogP contribution is -2.46. The van der Waals surface area contributed by atoms with Crippen LogP contribution in [0.15, 0.2) is 0 Å². The van der Waals surface area contributed by atoms with Crippen molar-refractivity contribution in [2.45, 2.75) is 25.8 Å². The average molecular weight is 185 g/mol. The van der Waals surface area contributed by atoms with Crippen LogP contribution in [0.4, 0.5) is 0 Å². The minimum absolute atomic E-state index is 0.131. The fraction of sp³-hybridized carbons (Fsp3) is 0.889. The molecule has 3 N–H and O–H groups in total. The Bertz CT molecular complexity index is 164. The summed E-state index contributed by atoms with van der Waals surface area (Å²) in [5.41, 5.74) is 5.59. The Morgan fingerprint density at radius 2 is 2.15 bits per heavy atom. The van der Waals surface area contributed by atoms with E-state index in [-0.39, 0.29) is 11.9 Å². The zero-order valence-electron chi connectivity index (χ0n) is 8.25. The molecule has 0 spiro atoms. The van der Waals surface area contributed by atoms with Gasteiger partial charge in [0.1, 0.15) is 0 Å². The van der Waals surface area contributed by atoms with Crippen molar-refractivity contribution in [1.82, 2.24) is 10.2 Å². The molecule has 4 nitrogen and oxygen atoms in total. The van der Waals surface area contributed by atoms with Gasteiger partial charge in [0.2, 0.25) is 5.91 Å². The lowest BCUT2D eigenvalue weighted by atomic mass is 10.2. The van der Waals surface area contributed by atoms with Gasteiger partial charge in [-0.3, -0.25) is 4.79 Å². The van der Waals surface area contributed by atoms with Gasteiger partial charge in [-0.15, -0.1) is 0 Å². The highest BCUT2D eigenvalue weighted by atomic mass is 16.2. The number of hydrogen-bond donors (Lipinski definition) is 2. The summed E-state index contributed by atoms with van der Waals surface area (Å²) in [5, 5.41) is 3.22. The molecule has 1 unspecified atom stereocenters. The van der Waals surface area contributed by atoms with Crippen LogP contribution < -0.4 is 11.1 Å². The van der Waals surface area contributed by atoms with E-state index >= 15 is 0 Å². The maximum absolute atomic E-state index is 11.5. The molecule has 13 heavy (non-hydrogen) atoms. The molecule has 0 aromatic rings. The predicted octanol–water partition coefficient (Wildman–Crippen LogP) is -0.454. The molecule has 1 saturated heterocycles. The second kappa shape index (κ2) is 5.19. The molecule has 0 aromatic heterocycles. The molecule has 1 aliphatic heterocycles. The van der Waals surface area contributed by atoms with Crippen LogP contribution >= 0.6 is 0 Å². The van der Waals surface area contributed by atoms with E-state index in [0.29, 0.717) is 6.42 Å². The molecule has 0 aromatic carbocycles. The van der Waals surface area contributed by atoms with Crippen LogP contribution in [0.1, 0.15) is 19.8 Å². The molecule has 1 heterocycles. The van der Waals surface area contributed by atoms with Crippen LogP contribution in [0.3, 0.4) is 0 Å².